The van der Waals surface area contributed by atoms with Crippen LogP contribution in [0.4, 0.5) is 0 Å². The molecule has 10 heteroatoms. The van der Waals surface area contributed by atoms with Crippen molar-refractivity contribution < 1.29 is 22.7 Å². The van der Waals surface area contributed by atoms with Gasteiger partial charge in [0.05, 0.1) is 18.0 Å². The molecule has 1 N–H and O–H groups in total. The van der Waals surface area contributed by atoms with E-state index in [9.17, 15) is 13.2 Å². The van der Waals surface area contributed by atoms with Crippen molar-refractivity contribution in [1.82, 2.24) is 4.72 Å². The van der Waals surface area contributed by atoms with E-state index in [1.54, 1.807) is 18.2 Å². The molecule has 1 unspecified atom stereocenters. The van der Waals surface area contributed by atoms with Crippen molar-refractivity contribution in [1.29, 1.82) is 0 Å². The average molecular weight is 453 g/mol. The van der Waals surface area contributed by atoms with E-state index in [2.05, 4.69) is 9.46 Å². The Labute approximate surface area is 172 Å². The molecule has 0 bridgehead atoms. The molecule has 0 saturated carbocycles. The first-order chi connectivity index (χ1) is 12.6. The number of rotatable bonds is 7. The van der Waals surface area contributed by atoms with Gasteiger partial charge in [-0.3, -0.25) is 0 Å². The van der Waals surface area contributed by atoms with Gasteiger partial charge in [0, 0.05) is 0 Å². The van der Waals surface area contributed by atoms with E-state index < -0.39 is 25.8 Å². The number of esters is 1. The predicted molar refractivity (Wildman–Crippen MR) is 104 cm³/mol. The summed E-state index contributed by atoms with van der Waals surface area (Å²) in [6.45, 7) is -0.260. The van der Waals surface area contributed by atoms with Gasteiger partial charge in [0.15, 0.2) is 6.61 Å². The van der Waals surface area contributed by atoms with Crippen LogP contribution in [0.15, 0.2) is 59.5 Å². The van der Waals surface area contributed by atoms with Crippen LogP contribution < -0.4 is 9.46 Å². The van der Waals surface area contributed by atoms with Gasteiger partial charge in [0.2, 0.25) is 13.8 Å². The molecule has 0 radical (unpaired) electrons. The van der Waals surface area contributed by atoms with E-state index in [-0.39, 0.29) is 11.5 Å². The molecule has 0 aliphatic rings. The van der Waals surface area contributed by atoms with Crippen molar-refractivity contribution >= 4 is 50.8 Å². The summed E-state index contributed by atoms with van der Waals surface area (Å²) < 4.78 is 35.3. The van der Waals surface area contributed by atoms with Gasteiger partial charge in [0.25, 0.3) is 0 Å². The highest BCUT2D eigenvalue weighted by molar-refractivity contribution is 7.89. The summed E-state index contributed by atoms with van der Waals surface area (Å²) in [7, 11) is -2.67. The maximum atomic E-state index is 12.6. The molecule has 0 fully saturated rings. The average Bonchev–Trinajstić information content (AvgIpc) is 2.64. The Balaban J connectivity index is 2.23. The summed E-state index contributed by atoms with van der Waals surface area (Å²) in [4.78, 5) is 11.2. The molecule has 0 spiro atoms. The molecule has 146 valence electrons. The van der Waals surface area contributed by atoms with Gasteiger partial charge in [0.1, 0.15) is 5.75 Å². The van der Waals surface area contributed by atoms with Gasteiger partial charge in [-0.1, -0.05) is 65.1 Å². The van der Waals surface area contributed by atoms with Crippen LogP contribution in [0.1, 0.15) is 11.6 Å². The fourth-order valence-corrected chi connectivity index (χ4v) is 4.11. The number of alkyl halides is 3. The molecule has 2 aromatic rings. The van der Waals surface area contributed by atoms with E-state index in [1.807, 2.05) is 0 Å². The maximum Gasteiger partial charge on any atom is 0.343 e. The van der Waals surface area contributed by atoms with Crippen molar-refractivity contribution in [2.24, 2.45) is 0 Å². The van der Waals surface area contributed by atoms with Crippen LogP contribution in [0.5, 0.6) is 5.75 Å². The van der Waals surface area contributed by atoms with Gasteiger partial charge in [-0.05, 0) is 29.8 Å². The molecular formula is C17H16Cl3NO5S. The van der Waals surface area contributed by atoms with Crippen LogP contribution in [0, 0.1) is 0 Å². The second-order valence-electron chi connectivity index (χ2n) is 5.34. The van der Waals surface area contributed by atoms with E-state index in [0.717, 1.165) is 0 Å². The van der Waals surface area contributed by atoms with Crippen molar-refractivity contribution in [3.63, 3.8) is 0 Å². The van der Waals surface area contributed by atoms with Crippen LogP contribution in [0.3, 0.4) is 0 Å². The molecule has 0 amide bonds. The molecule has 27 heavy (non-hydrogen) atoms. The number of ether oxygens (including phenoxy) is 2. The van der Waals surface area contributed by atoms with E-state index in [1.165, 1.54) is 43.5 Å². The summed E-state index contributed by atoms with van der Waals surface area (Å²) in [5.41, 5.74) is 0.403. The highest BCUT2D eigenvalue weighted by Crippen LogP contribution is 2.41. The predicted octanol–water partition coefficient (Wildman–Crippen LogP) is 3.63. The number of methoxy groups -OCH3 is 1. The number of hydrogen-bond acceptors (Lipinski definition) is 5. The minimum absolute atomic E-state index is 0.0438. The van der Waals surface area contributed by atoms with Crippen LogP contribution in [-0.4, -0.2) is 31.9 Å². The number of carbonyl (C=O) groups is 1. The summed E-state index contributed by atoms with van der Waals surface area (Å²) in [5, 5.41) is 0. The van der Waals surface area contributed by atoms with Crippen LogP contribution in [0.25, 0.3) is 0 Å². The molecule has 2 rings (SSSR count). The van der Waals surface area contributed by atoms with Crippen molar-refractivity contribution in [2.45, 2.75) is 14.7 Å². The van der Waals surface area contributed by atoms with Crippen molar-refractivity contribution in [3.8, 4) is 5.75 Å². The van der Waals surface area contributed by atoms with Gasteiger partial charge < -0.3 is 9.47 Å². The fraction of sp³-hybridized carbons (Fsp3) is 0.235. The molecule has 6 nitrogen and oxygen atoms in total. The zero-order chi connectivity index (χ0) is 20.1. The van der Waals surface area contributed by atoms with Gasteiger partial charge in [-0.15, -0.1) is 0 Å². The number of sulfonamides is 1. The lowest BCUT2D eigenvalue weighted by atomic mass is 10.1. The first-order valence-electron chi connectivity index (χ1n) is 7.57. The minimum Gasteiger partial charge on any atom is -0.482 e. The second kappa shape index (κ2) is 9.12. The first kappa shape index (κ1) is 21.8. The quantitative estimate of drug-likeness (QED) is 0.512. The van der Waals surface area contributed by atoms with E-state index in [0.29, 0.717) is 11.3 Å². The number of benzene rings is 2. The van der Waals surface area contributed by atoms with Crippen LogP contribution in [0.2, 0.25) is 0 Å². The lowest BCUT2D eigenvalue weighted by molar-refractivity contribution is -0.142. The number of hydrogen-bond donors (Lipinski definition) is 1. The third-order valence-corrected chi connectivity index (χ3v) is 5.55. The van der Waals surface area contributed by atoms with E-state index in [4.69, 9.17) is 39.5 Å². The highest BCUT2D eigenvalue weighted by atomic mass is 35.6. The Bertz CT molecular complexity index is 868. The smallest absolute Gasteiger partial charge is 0.343 e. The summed E-state index contributed by atoms with van der Waals surface area (Å²) in [6.07, 6.45) is 0. The minimum atomic E-state index is -3.92. The zero-order valence-electron chi connectivity index (χ0n) is 14.1. The molecule has 0 saturated heterocycles. The zero-order valence-corrected chi connectivity index (χ0v) is 17.1. The molecule has 0 aromatic heterocycles. The van der Waals surface area contributed by atoms with Crippen molar-refractivity contribution in [3.05, 3.63) is 60.2 Å². The fourth-order valence-electron chi connectivity index (χ4n) is 2.10. The lowest BCUT2D eigenvalue weighted by Gasteiger charge is -2.26. The number of carbonyl (C=O) groups excluding carboxylic acids is 1. The number of nitrogens with one attached hydrogen (secondary N) is 1. The van der Waals surface area contributed by atoms with Crippen molar-refractivity contribution in [2.75, 3.05) is 13.7 Å². The highest BCUT2D eigenvalue weighted by Gasteiger charge is 2.37. The molecular weight excluding hydrogens is 437 g/mol. The standard InChI is InChI=1S/C17H16Cl3NO5S/c1-25-15(22)11-26-13-9-7-12(8-10-13)16(17(18,19)20)21-27(23,24)14-5-3-2-4-6-14/h2-10,16,21H,11H2,1H3. The Kier molecular flexibility index (Phi) is 7.36. The lowest BCUT2D eigenvalue weighted by Crippen LogP contribution is -2.36. The maximum absolute atomic E-state index is 12.6. The van der Waals surface area contributed by atoms with Gasteiger partial charge in [-0.25, -0.2) is 13.2 Å². The molecule has 2 aromatic carbocycles. The van der Waals surface area contributed by atoms with Crippen LogP contribution in [-0.2, 0) is 19.6 Å². The molecule has 0 aliphatic heterocycles. The van der Waals surface area contributed by atoms with Gasteiger partial charge >= 0.3 is 5.97 Å². The molecule has 1 atom stereocenters. The Morgan fingerprint density at radius 1 is 1.07 bits per heavy atom. The largest absolute Gasteiger partial charge is 0.482 e. The second-order valence-corrected chi connectivity index (χ2v) is 9.43. The third kappa shape index (κ3) is 6.26. The Morgan fingerprint density at radius 2 is 1.67 bits per heavy atom. The molecule has 0 heterocycles. The van der Waals surface area contributed by atoms with E-state index >= 15 is 0 Å². The number of halogens is 3. The Hall–Kier alpha value is -1.51. The Morgan fingerprint density at radius 3 is 2.19 bits per heavy atom. The first-order valence-corrected chi connectivity index (χ1v) is 10.2. The summed E-state index contributed by atoms with van der Waals surface area (Å²) in [5.74, 6) is -0.160. The van der Waals surface area contributed by atoms with Crippen LogP contribution >= 0.6 is 34.8 Å². The topological polar surface area (TPSA) is 81.7 Å². The summed E-state index contributed by atoms with van der Waals surface area (Å²) >= 11 is 18.0. The monoisotopic (exact) mass is 451 g/mol. The third-order valence-electron chi connectivity index (χ3n) is 3.45. The molecule has 0 aliphatic carbocycles. The SMILES string of the molecule is COC(=O)COc1ccc(C(NS(=O)(=O)c2ccccc2)C(Cl)(Cl)Cl)cc1. The van der Waals surface area contributed by atoms with Gasteiger partial charge in [-0.2, -0.15) is 4.72 Å². The normalized spacial score (nSPS) is 13.0. The summed E-state index contributed by atoms with van der Waals surface area (Å²) in [6, 6.07) is 12.7.